The van der Waals surface area contributed by atoms with Crippen LogP contribution in [0.25, 0.3) is 10.4 Å². The summed E-state index contributed by atoms with van der Waals surface area (Å²) in [7, 11) is 1.70. The Kier molecular flexibility index (Phi) is 7.08. The van der Waals surface area contributed by atoms with Crippen LogP contribution in [0.1, 0.15) is 44.1 Å². The topological polar surface area (TPSA) is 58.6 Å². The van der Waals surface area contributed by atoms with E-state index in [1.807, 2.05) is 4.90 Å². The number of likely N-dealkylation sites (tertiary alicyclic amines) is 1. The highest BCUT2D eigenvalue weighted by molar-refractivity contribution is 7.13. The Morgan fingerprint density at radius 3 is 2.74 bits per heavy atom. The number of rotatable bonds is 7. The molecule has 0 bridgehead atoms. The number of benzene rings is 1. The van der Waals surface area contributed by atoms with Crippen molar-refractivity contribution in [2.24, 2.45) is 5.41 Å². The van der Waals surface area contributed by atoms with Gasteiger partial charge >= 0.3 is 0 Å². The van der Waals surface area contributed by atoms with Gasteiger partial charge in [-0.3, -0.25) is 9.59 Å². The fraction of sp³-hybridized carbons (Fsp3) is 0.520. The van der Waals surface area contributed by atoms with Crippen LogP contribution in [0.4, 0.5) is 0 Å². The molecule has 1 N–H and O–H groups in total. The third-order valence-electron chi connectivity index (χ3n) is 6.64. The van der Waals surface area contributed by atoms with E-state index in [9.17, 15) is 9.59 Å². The van der Waals surface area contributed by atoms with E-state index in [1.54, 1.807) is 18.4 Å². The Balaban J connectivity index is 1.45. The lowest BCUT2D eigenvalue weighted by Crippen LogP contribution is -2.54. The third kappa shape index (κ3) is 5.18. The van der Waals surface area contributed by atoms with Gasteiger partial charge in [0.1, 0.15) is 0 Å². The summed E-state index contributed by atoms with van der Waals surface area (Å²) < 4.78 is 5.67. The molecule has 2 saturated heterocycles. The molecular weight excluding hydrogens is 408 g/mol. The van der Waals surface area contributed by atoms with Crippen LogP contribution in [0.5, 0.6) is 0 Å². The average molecular weight is 441 g/mol. The van der Waals surface area contributed by atoms with E-state index < -0.39 is 5.41 Å². The number of nitrogens with zero attached hydrogens (tertiary/aromatic N) is 1. The molecule has 6 heteroatoms. The Bertz CT molecular complexity index is 875. The van der Waals surface area contributed by atoms with E-state index >= 15 is 0 Å². The monoisotopic (exact) mass is 440 g/mol. The first-order chi connectivity index (χ1) is 15.1. The maximum Gasteiger partial charge on any atom is 0.228 e. The van der Waals surface area contributed by atoms with Crippen molar-refractivity contribution in [1.82, 2.24) is 10.2 Å². The minimum atomic E-state index is -0.572. The Labute approximate surface area is 188 Å². The summed E-state index contributed by atoms with van der Waals surface area (Å²) in [5, 5.41) is 4.95. The number of thiophene rings is 1. The van der Waals surface area contributed by atoms with E-state index in [1.165, 1.54) is 10.4 Å². The lowest BCUT2D eigenvalue weighted by atomic mass is 9.74. The number of piperidine rings is 1. The second-order valence-corrected chi connectivity index (χ2v) is 9.75. The van der Waals surface area contributed by atoms with E-state index in [0.29, 0.717) is 19.4 Å². The highest BCUT2D eigenvalue weighted by Crippen LogP contribution is 2.35. The Hall–Kier alpha value is -2.18. The zero-order valence-electron chi connectivity index (χ0n) is 18.3. The molecule has 3 heterocycles. The van der Waals surface area contributed by atoms with Gasteiger partial charge in [0.05, 0.1) is 11.5 Å². The number of carbonyl (C=O) groups excluding carboxylic acids is 2. The van der Waals surface area contributed by atoms with Crippen molar-refractivity contribution in [3.8, 4) is 10.4 Å². The molecule has 0 radical (unpaired) electrons. The van der Waals surface area contributed by atoms with Crippen LogP contribution >= 0.6 is 11.3 Å². The number of hydrogen-bond acceptors (Lipinski definition) is 4. The maximum absolute atomic E-state index is 13.0. The molecular formula is C25H32N2O3S. The van der Waals surface area contributed by atoms with Crippen molar-refractivity contribution in [2.45, 2.75) is 51.0 Å². The third-order valence-corrected chi connectivity index (χ3v) is 7.56. The van der Waals surface area contributed by atoms with Gasteiger partial charge in [0.2, 0.25) is 11.8 Å². The van der Waals surface area contributed by atoms with Crippen molar-refractivity contribution < 1.29 is 14.3 Å². The van der Waals surface area contributed by atoms with E-state index in [-0.39, 0.29) is 17.9 Å². The fourth-order valence-electron chi connectivity index (χ4n) is 4.95. The first kappa shape index (κ1) is 22.0. The molecule has 2 atom stereocenters. The van der Waals surface area contributed by atoms with Crippen LogP contribution in [0.3, 0.4) is 0 Å². The Morgan fingerprint density at radius 2 is 2.06 bits per heavy atom. The van der Waals surface area contributed by atoms with Gasteiger partial charge in [-0.15, -0.1) is 11.3 Å². The number of nitrogens with one attached hydrogen (secondary N) is 1. The lowest BCUT2D eigenvalue weighted by molar-refractivity contribution is -0.141. The van der Waals surface area contributed by atoms with Crippen LogP contribution in [0, 0.1) is 5.41 Å². The van der Waals surface area contributed by atoms with Gasteiger partial charge < -0.3 is 15.0 Å². The molecule has 4 rings (SSSR count). The van der Waals surface area contributed by atoms with Crippen LogP contribution < -0.4 is 5.32 Å². The van der Waals surface area contributed by atoms with E-state index in [4.69, 9.17) is 4.74 Å². The molecule has 1 aromatic heterocycles. The SMILES string of the molecule is CNC(=O)[C@@]1(Cc2ccc(-c3cccs3)cc2)CCCN(C(=O)CC[C@@H]2CCCO2)C1. The molecule has 166 valence electrons. The molecule has 2 aliphatic heterocycles. The fourth-order valence-corrected chi connectivity index (χ4v) is 5.69. The first-order valence-corrected chi connectivity index (χ1v) is 12.2. The maximum atomic E-state index is 13.0. The summed E-state index contributed by atoms with van der Waals surface area (Å²) >= 11 is 1.73. The van der Waals surface area contributed by atoms with Gasteiger partial charge in [-0.1, -0.05) is 30.3 Å². The van der Waals surface area contributed by atoms with Crippen LogP contribution in [-0.2, 0) is 20.7 Å². The van der Waals surface area contributed by atoms with Crippen LogP contribution in [-0.4, -0.2) is 49.6 Å². The zero-order valence-corrected chi connectivity index (χ0v) is 19.1. The molecule has 0 unspecified atom stereocenters. The average Bonchev–Trinajstić information content (AvgIpc) is 3.52. The summed E-state index contributed by atoms with van der Waals surface area (Å²) in [6.45, 7) is 2.04. The highest BCUT2D eigenvalue weighted by Gasteiger charge is 2.43. The van der Waals surface area contributed by atoms with Crippen molar-refractivity contribution in [1.29, 1.82) is 0 Å². The van der Waals surface area contributed by atoms with Crippen LogP contribution in [0.2, 0.25) is 0 Å². The molecule has 0 aliphatic carbocycles. The first-order valence-electron chi connectivity index (χ1n) is 11.3. The van der Waals surface area contributed by atoms with Crippen molar-refractivity contribution in [3.63, 3.8) is 0 Å². The summed E-state index contributed by atoms with van der Waals surface area (Å²) in [5.41, 5.74) is 1.76. The molecule has 2 fully saturated rings. The molecule has 1 aromatic carbocycles. The second-order valence-electron chi connectivity index (χ2n) is 8.80. The van der Waals surface area contributed by atoms with Crippen molar-refractivity contribution in [2.75, 3.05) is 26.7 Å². The van der Waals surface area contributed by atoms with Gasteiger partial charge in [-0.05, 0) is 61.1 Å². The highest BCUT2D eigenvalue weighted by atomic mass is 32.1. The van der Waals surface area contributed by atoms with E-state index in [0.717, 1.165) is 50.8 Å². The van der Waals surface area contributed by atoms with Gasteiger partial charge in [0, 0.05) is 38.0 Å². The van der Waals surface area contributed by atoms with Gasteiger partial charge in [-0.25, -0.2) is 0 Å². The molecule has 2 aliphatic rings. The molecule has 5 nitrogen and oxygen atoms in total. The predicted molar refractivity (Wildman–Crippen MR) is 124 cm³/mol. The molecule has 31 heavy (non-hydrogen) atoms. The number of amides is 2. The van der Waals surface area contributed by atoms with Gasteiger partial charge in [0.15, 0.2) is 0 Å². The normalized spacial score (nSPS) is 23.6. The number of hydrogen-bond donors (Lipinski definition) is 1. The summed E-state index contributed by atoms with van der Waals surface area (Å²) in [4.78, 5) is 29.1. The van der Waals surface area contributed by atoms with Crippen molar-refractivity contribution >= 4 is 23.2 Å². The number of carbonyl (C=O) groups is 2. The molecule has 2 amide bonds. The zero-order chi connectivity index (χ0) is 21.7. The van der Waals surface area contributed by atoms with Gasteiger partial charge in [0.25, 0.3) is 0 Å². The summed E-state index contributed by atoms with van der Waals surface area (Å²) in [6.07, 6.45) is 5.95. The number of ether oxygens (including phenoxy) is 1. The second kappa shape index (κ2) is 9.96. The minimum Gasteiger partial charge on any atom is -0.378 e. The Morgan fingerprint density at radius 1 is 1.23 bits per heavy atom. The van der Waals surface area contributed by atoms with Gasteiger partial charge in [-0.2, -0.15) is 0 Å². The molecule has 0 spiro atoms. The van der Waals surface area contributed by atoms with E-state index in [2.05, 4.69) is 47.1 Å². The summed E-state index contributed by atoms with van der Waals surface area (Å²) in [5.74, 6) is 0.183. The smallest absolute Gasteiger partial charge is 0.228 e. The standard InChI is InChI=1S/C25H32N2O3S/c1-26-24(29)25(17-19-7-9-20(10-8-19)22-6-3-16-31-22)13-4-14-27(18-25)23(28)12-11-21-5-2-15-30-21/h3,6-10,16,21H,2,4-5,11-15,17-18H2,1H3,(H,26,29)/t21-,25+/m0/s1. The lowest BCUT2D eigenvalue weighted by Gasteiger charge is -2.42. The van der Waals surface area contributed by atoms with Crippen LogP contribution in [0.15, 0.2) is 41.8 Å². The predicted octanol–water partition coefficient (Wildman–Crippen LogP) is 4.27. The summed E-state index contributed by atoms with van der Waals surface area (Å²) in [6, 6.07) is 12.7. The molecule has 2 aromatic rings. The minimum absolute atomic E-state index is 0.0338. The quantitative estimate of drug-likeness (QED) is 0.699. The largest absolute Gasteiger partial charge is 0.378 e. The van der Waals surface area contributed by atoms with Crippen molar-refractivity contribution in [3.05, 3.63) is 47.3 Å². The molecule has 0 saturated carbocycles.